The molecule has 18 heavy (non-hydrogen) atoms. The number of thiophene rings is 1. The molecule has 1 aromatic heterocycles. The Labute approximate surface area is 122 Å². The van der Waals surface area contributed by atoms with E-state index in [0.717, 1.165) is 9.35 Å². The number of halogens is 3. The normalized spacial score (nSPS) is 12.4. The van der Waals surface area contributed by atoms with Crippen LogP contribution in [-0.2, 0) is 0 Å². The predicted molar refractivity (Wildman–Crippen MR) is 75.9 cm³/mol. The van der Waals surface area contributed by atoms with Gasteiger partial charge in [-0.25, -0.2) is 4.39 Å². The summed E-state index contributed by atoms with van der Waals surface area (Å²) in [5.74, 6) is -0.0887. The smallest absolute Gasteiger partial charge is 0.145 e. The summed E-state index contributed by atoms with van der Waals surface area (Å²) < 4.78 is 19.9. The minimum atomic E-state index is -0.503. The Kier molecular flexibility index (Phi) is 4.61. The van der Waals surface area contributed by atoms with Gasteiger partial charge in [0, 0.05) is 27.3 Å². The lowest BCUT2D eigenvalue weighted by Gasteiger charge is -2.16. The average molecular weight is 351 g/mol. The summed E-state index contributed by atoms with van der Waals surface area (Å²) in [5.41, 5.74) is 5.68. The maximum absolute atomic E-state index is 13.3. The first-order valence-corrected chi connectivity index (χ1v) is 7.21. The second kappa shape index (κ2) is 6.02. The first-order valence-electron chi connectivity index (χ1n) is 5.16. The number of ether oxygens (including phenoxy) is 1. The molecule has 0 fully saturated rings. The van der Waals surface area contributed by atoms with E-state index in [1.54, 1.807) is 6.07 Å². The quantitative estimate of drug-likeness (QED) is 0.888. The third-order valence-electron chi connectivity index (χ3n) is 2.29. The second-order valence-corrected chi connectivity index (χ2v) is 5.85. The lowest BCUT2D eigenvalue weighted by atomic mass is 10.3. The van der Waals surface area contributed by atoms with Crippen LogP contribution in [0.2, 0.25) is 5.02 Å². The fourth-order valence-electron chi connectivity index (χ4n) is 1.43. The molecule has 0 bridgehead atoms. The largest absolute Gasteiger partial charge is 0.483 e. The van der Waals surface area contributed by atoms with Crippen LogP contribution in [0.3, 0.4) is 0 Å². The maximum atomic E-state index is 13.3. The fourth-order valence-corrected chi connectivity index (χ4v) is 3.04. The van der Waals surface area contributed by atoms with E-state index in [2.05, 4.69) is 15.9 Å². The van der Waals surface area contributed by atoms with E-state index in [-0.39, 0.29) is 11.1 Å². The summed E-state index contributed by atoms with van der Waals surface area (Å²) in [5, 5.41) is 2.02. The van der Waals surface area contributed by atoms with Gasteiger partial charge >= 0.3 is 0 Å². The highest BCUT2D eigenvalue weighted by molar-refractivity contribution is 9.10. The molecule has 0 radical (unpaired) electrons. The van der Waals surface area contributed by atoms with Crippen molar-refractivity contribution < 1.29 is 9.13 Å². The molecule has 0 aliphatic rings. The molecule has 6 heteroatoms. The van der Waals surface area contributed by atoms with Crippen molar-refractivity contribution in [1.29, 1.82) is 0 Å². The van der Waals surface area contributed by atoms with E-state index in [0.29, 0.717) is 12.3 Å². The monoisotopic (exact) mass is 349 g/mol. The Bertz CT molecular complexity index is 549. The number of rotatable bonds is 4. The lowest BCUT2D eigenvalue weighted by molar-refractivity contribution is 0.217. The summed E-state index contributed by atoms with van der Waals surface area (Å²) in [6.45, 7) is 0.317. The number of benzene rings is 1. The number of hydrogen-bond acceptors (Lipinski definition) is 3. The molecule has 2 rings (SSSR count). The topological polar surface area (TPSA) is 35.2 Å². The molecule has 2 aromatic rings. The van der Waals surface area contributed by atoms with Crippen molar-refractivity contribution in [3.63, 3.8) is 0 Å². The van der Waals surface area contributed by atoms with Crippen molar-refractivity contribution in [2.45, 2.75) is 6.10 Å². The molecule has 96 valence electrons. The van der Waals surface area contributed by atoms with E-state index >= 15 is 0 Å². The van der Waals surface area contributed by atoms with Crippen LogP contribution in [0, 0.1) is 5.82 Å². The molecule has 0 saturated carbocycles. The van der Waals surface area contributed by atoms with Crippen LogP contribution >= 0.6 is 38.9 Å². The van der Waals surface area contributed by atoms with Gasteiger partial charge < -0.3 is 10.5 Å². The van der Waals surface area contributed by atoms with Gasteiger partial charge in [0.2, 0.25) is 0 Å². The Morgan fingerprint density at radius 3 is 2.78 bits per heavy atom. The van der Waals surface area contributed by atoms with E-state index < -0.39 is 5.82 Å². The van der Waals surface area contributed by atoms with Crippen molar-refractivity contribution >= 4 is 38.9 Å². The molecular weight excluding hydrogens is 341 g/mol. The highest BCUT2D eigenvalue weighted by Gasteiger charge is 2.14. The molecule has 2 nitrogen and oxygen atoms in total. The highest BCUT2D eigenvalue weighted by Crippen LogP contribution is 2.30. The van der Waals surface area contributed by atoms with Gasteiger partial charge in [0.05, 0.1) is 5.02 Å². The summed E-state index contributed by atoms with van der Waals surface area (Å²) in [6.07, 6.45) is -0.290. The third-order valence-corrected chi connectivity index (χ3v) is 4.38. The molecule has 1 heterocycles. The molecule has 0 amide bonds. The zero-order chi connectivity index (χ0) is 13.1. The average Bonchev–Trinajstić information content (AvgIpc) is 2.77. The minimum absolute atomic E-state index is 0.0746. The molecule has 0 saturated heterocycles. The van der Waals surface area contributed by atoms with Crippen molar-refractivity contribution in [2.75, 3.05) is 6.54 Å². The summed E-state index contributed by atoms with van der Waals surface area (Å²) in [4.78, 5) is 0.986. The van der Waals surface area contributed by atoms with Crippen LogP contribution in [0.5, 0.6) is 5.75 Å². The first-order chi connectivity index (χ1) is 8.60. The van der Waals surface area contributed by atoms with E-state index in [1.165, 1.54) is 23.5 Å². The molecular formula is C12H10BrClFNOS. The molecule has 1 atom stereocenters. The van der Waals surface area contributed by atoms with Crippen molar-refractivity contribution in [2.24, 2.45) is 5.73 Å². The maximum Gasteiger partial charge on any atom is 0.145 e. The van der Waals surface area contributed by atoms with Crippen molar-refractivity contribution in [3.05, 3.63) is 49.8 Å². The van der Waals surface area contributed by atoms with Gasteiger partial charge in [-0.05, 0) is 34.1 Å². The number of nitrogens with two attached hydrogens (primary N) is 1. The molecule has 0 aliphatic heterocycles. The Hall–Kier alpha value is -0.620. The Morgan fingerprint density at radius 2 is 2.22 bits per heavy atom. The standard InChI is InChI=1S/C12H10BrClFNOS/c13-7-3-12(18-6-7)11(5-16)17-8-1-2-9(14)10(15)4-8/h1-4,6,11H,5,16H2. The zero-order valence-corrected chi connectivity index (χ0v) is 12.4. The second-order valence-electron chi connectivity index (χ2n) is 3.59. The third kappa shape index (κ3) is 3.23. The fraction of sp³-hybridized carbons (Fsp3) is 0.167. The molecule has 2 N–H and O–H groups in total. The van der Waals surface area contributed by atoms with Crippen LogP contribution in [0.4, 0.5) is 4.39 Å². The summed E-state index contributed by atoms with van der Waals surface area (Å²) >= 11 is 10.5. The molecule has 0 spiro atoms. The van der Waals surface area contributed by atoms with Gasteiger partial charge in [-0.3, -0.25) is 0 Å². The summed E-state index contributed by atoms with van der Waals surface area (Å²) in [6, 6.07) is 6.28. The van der Waals surface area contributed by atoms with Crippen molar-refractivity contribution in [3.8, 4) is 5.75 Å². The molecule has 0 aliphatic carbocycles. The molecule has 1 aromatic carbocycles. The van der Waals surface area contributed by atoms with Gasteiger partial charge in [0.25, 0.3) is 0 Å². The number of hydrogen-bond donors (Lipinski definition) is 1. The SMILES string of the molecule is NCC(Oc1ccc(Cl)c(F)c1)c1cc(Br)cs1. The van der Waals surface area contributed by atoms with Gasteiger partial charge in [0.1, 0.15) is 17.7 Å². The van der Waals surface area contributed by atoms with Crippen molar-refractivity contribution in [1.82, 2.24) is 0 Å². The van der Waals surface area contributed by atoms with Crippen LogP contribution < -0.4 is 10.5 Å². The van der Waals surface area contributed by atoms with Gasteiger partial charge in [-0.2, -0.15) is 0 Å². The van der Waals surface area contributed by atoms with Gasteiger partial charge in [-0.1, -0.05) is 11.6 Å². The van der Waals surface area contributed by atoms with Gasteiger partial charge in [0.15, 0.2) is 0 Å². The summed E-state index contributed by atoms with van der Waals surface area (Å²) in [7, 11) is 0. The van der Waals surface area contributed by atoms with Crippen LogP contribution in [0.1, 0.15) is 11.0 Å². The minimum Gasteiger partial charge on any atom is -0.483 e. The van der Waals surface area contributed by atoms with E-state index in [1.807, 2.05) is 11.4 Å². The van der Waals surface area contributed by atoms with Gasteiger partial charge in [-0.15, -0.1) is 11.3 Å². The first kappa shape index (κ1) is 13.8. The predicted octanol–water partition coefficient (Wildman–Crippen LogP) is 4.38. The zero-order valence-electron chi connectivity index (χ0n) is 9.20. The van der Waals surface area contributed by atoms with Crippen LogP contribution in [0.15, 0.2) is 34.1 Å². The highest BCUT2D eigenvalue weighted by atomic mass is 79.9. The molecule has 1 unspecified atom stereocenters. The Balaban J connectivity index is 2.17. The van der Waals surface area contributed by atoms with Crippen LogP contribution in [0.25, 0.3) is 0 Å². The van der Waals surface area contributed by atoms with E-state index in [9.17, 15) is 4.39 Å². The van der Waals surface area contributed by atoms with Crippen LogP contribution in [-0.4, -0.2) is 6.54 Å². The lowest BCUT2D eigenvalue weighted by Crippen LogP contribution is -2.17. The Morgan fingerprint density at radius 1 is 1.44 bits per heavy atom. The van der Waals surface area contributed by atoms with E-state index in [4.69, 9.17) is 22.1 Å².